The van der Waals surface area contributed by atoms with E-state index < -0.39 is 0 Å². The normalized spacial score (nSPS) is 11.1. The molecule has 14 heavy (non-hydrogen) atoms. The van der Waals surface area contributed by atoms with Crippen LogP contribution < -0.4 is 5.32 Å². The summed E-state index contributed by atoms with van der Waals surface area (Å²) < 4.78 is 0.883. The van der Waals surface area contributed by atoms with Crippen LogP contribution in [0.15, 0.2) is 12.1 Å². The van der Waals surface area contributed by atoms with Crippen molar-refractivity contribution in [1.82, 2.24) is 10.2 Å². The summed E-state index contributed by atoms with van der Waals surface area (Å²) in [6, 6.07) is 4.06. The third-order valence-electron chi connectivity index (χ3n) is 1.91. The average molecular weight is 233 g/mol. The van der Waals surface area contributed by atoms with Crippen molar-refractivity contribution in [3.8, 4) is 0 Å². The number of rotatable bonds is 6. The molecule has 1 heterocycles. The Morgan fingerprint density at radius 3 is 2.71 bits per heavy atom. The number of thiophene rings is 1. The summed E-state index contributed by atoms with van der Waals surface area (Å²) in [6.45, 7) is 3.17. The molecule has 2 nitrogen and oxygen atoms in total. The lowest BCUT2D eigenvalue weighted by atomic mass is 10.3. The van der Waals surface area contributed by atoms with Crippen LogP contribution in [0.4, 0.5) is 0 Å². The van der Waals surface area contributed by atoms with Crippen molar-refractivity contribution in [2.45, 2.75) is 6.42 Å². The quantitative estimate of drug-likeness (QED) is 0.756. The molecule has 80 valence electrons. The van der Waals surface area contributed by atoms with E-state index in [9.17, 15) is 0 Å². The van der Waals surface area contributed by atoms with E-state index in [1.807, 2.05) is 6.07 Å². The van der Waals surface area contributed by atoms with Gasteiger partial charge in [-0.25, -0.2) is 0 Å². The molecular weight excluding hydrogens is 216 g/mol. The summed E-state index contributed by atoms with van der Waals surface area (Å²) >= 11 is 7.50. The van der Waals surface area contributed by atoms with E-state index in [0.717, 1.165) is 30.4 Å². The van der Waals surface area contributed by atoms with Crippen molar-refractivity contribution in [3.05, 3.63) is 21.3 Å². The first-order chi connectivity index (χ1) is 6.68. The van der Waals surface area contributed by atoms with Crippen LogP contribution in [0.3, 0.4) is 0 Å². The molecule has 0 spiro atoms. The molecule has 0 radical (unpaired) electrons. The van der Waals surface area contributed by atoms with Gasteiger partial charge in [-0.1, -0.05) is 11.6 Å². The van der Waals surface area contributed by atoms with Crippen LogP contribution in [-0.2, 0) is 6.42 Å². The summed E-state index contributed by atoms with van der Waals surface area (Å²) in [5.41, 5.74) is 0. The van der Waals surface area contributed by atoms with E-state index in [2.05, 4.69) is 30.4 Å². The van der Waals surface area contributed by atoms with Crippen molar-refractivity contribution in [2.24, 2.45) is 0 Å². The molecule has 0 atom stereocenters. The fraction of sp³-hybridized carbons (Fsp3) is 0.600. The molecule has 0 unspecified atom stereocenters. The smallest absolute Gasteiger partial charge is 0.0931 e. The van der Waals surface area contributed by atoms with Crippen LogP contribution in [0.25, 0.3) is 0 Å². The van der Waals surface area contributed by atoms with Crippen LogP contribution in [0.1, 0.15) is 4.88 Å². The van der Waals surface area contributed by atoms with Crippen molar-refractivity contribution in [1.29, 1.82) is 0 Å². The lowest BCUT2D eigenvalue weighted by molar-refractivity contribution is 0.401. The van der Waals surface area contributed by atoms with Gasteiger partial charge >= 0.3 is 0 Å². The second kappa shape index (κ2) is 6.40. The highest BCUT2D eigenvalue weighted by molar-refractivity contribution is 7.16. The fourth-order valence-corrected chi connectivity index (χ4v) is 2.21. The molecule has 1 rings (SSSR count). The van der Waals surface area contributed by atoms with Crippen molar-refractivity contribution >= 4 is 22.9 Å². The minimum atomic E-state index is 0.883. The molecule has 0 aromatic carbocycles. The molecule has 1 N–H and O–H groups in total. The Morgan fingerprint density at radius 1 is 1.36 bits per heavy atom. The van der Waals surface area contributed by atoms with Gasteiger partial charge in [0.1, 0.15) is 0 Å². The van der Waals surface area contributed by atoms with Crippen LogP contribution in [0, 0.1) is 0 Å². The van der Waals surface area contributed by atoms with Gasteiger partial charge in [-0.3, -0.25) is 0 Å². The molecule has 0 saturated carbocycles. The fourth-order valence-electron chi connectivity index (χ4n) is 1.13. The van der Waals surface area contributed by atoms with Crippen LogP contribution in [0.5, 0.6) is 0 Å². The molecule has 0 aliphatic rings. The number of likely N-dealkylation sites (N-methyl/N-ethyl adjacent to an activating group) is 1. The Bertz CT molecular complexity index is 260. The Morgan fingerprint density at radius 2 is 2.14 bits per heavy atom. The standard InChI is InChI=1S/C10H17ClN2S/c1-13(2)8-7-12-6-5-9-3-4-10(11)14-9/h3-4,12H,5-8H2,1-2H3. The Labute approximate surface area is 94.9 Å². The highest BCUT2D eigenvalue weighted by Crippen LogP contribution is 2.21. The molecule has 0 saturated heterocycles. The minimum absolute atomic E-state index is 0.883. The van der Waals surface area contributed by atoms with Crippen molar-refractivity contribution < 1.29 is 0 Å². The maximum atomic E-state index is 5.83. The van der Waals surface area contributed by atoms with Crippen molar-refractivity contribution in [2.75, 3.05) is 33.7 Å². The van der Waals surface area contributed by atoms with Crippen LogP contribution in [0.2, 0.25) is 4.34 Å². The molecular formula is C10H17ClN2S. The summed E-state index contributed by atoms with van der Waals surface area (Å²) in [5.74, 6) is 0. The van der Waals surface area contributed by atoms with E-state index in [0.29, 0.717) is 0 Å². The first kappa shape index (κ1) is 12.0. The van der Waals surface area contributed by atoms with Gasteiger partial charge in [0.25, 0.3) is 0 Å². The van der Waals surface area contributed by atoms with Gasteiger partial charge in [-0.15, -0.1) is 11.3 Å². The van der Waals surface area contributed by atoms with Crippen LogP contribution in [-0.4, -0.2) is 38.6 Å². The monoisotopic (exact) mass is 232 g/mol. The minimum Gasteiger partial charge on any atom is -0.315 e. The summed E-state index contributed by atoms with van der Waals surface area (Å²) in [5, 5.41) is 3.40. The predicted octanol–water partition coefficient (Wildman–Crippen LogP) is 2.10. The summed E-state index contributed by atoms with van der Waals surface area (Å²) in [4.78, 5) is 3.53. The van der Waals surface area contributed by atoms with E-state index in [1.165, 1.54) is 4.88 Å². The van der Waals surface area contributed by atoms with Gasteiger partial charge in [0.2, 0.25) is 0 Å². The summed E-state index contributed by atoms with van der Waals surface area (Å²) in [6.07, 6.45) is 1.07. The SMILES string of the molecule is CN(C)CCNCCc1ccc(Cl)s1. The zero-order valence-electron chi connectivity index (χ0n) is 8.72. The molecule has 1 aromatic heterocycles. The largest absolute Gasteiger partial charge is 0.315 e. The van der Waals surface area contributed by atoms with Gasteiger partial charge in [-0.2, -0.15) is 0 Å². The Hall–Kier alpha value is -0.0900. The predicted molar refractivity (Wildman–Crippen MR) is 64.5 cm³/mol. The maximum absolute atomic E-state index is 5.83. The van der Waals surface area contributed by atoms with E-state index >= 15 is 0 Å². The third-order valence-corrected chi connectivity index (χ3v) is 3.20. The van der Waals surface area contributed by atoms with E-state index in [-0.39, 0.29) is 0 Å². The van der Waals surface area contributed by atoms with Gasteiger partial charge in [0, 0.05) is 24.5 Å². The van der Waals surface area contributed by atoms with Gasteiger partial charge in [-0.05, 0) is 32.6 Å². The zero-order valence-corrected chi connectivity index (χ0v) is 10.3. The molecule has 4 heteroatoms. The molecule has 0 fully saturated rings. The number of nitrogens with zero attached hydrogens (tertiary/aromatic N) is 1. The summed E-state index contributed by atoms with van der Waals surface area (Å²) in [7, 11) is 4.17. The van der Waals surface area contributed by atoms with Crippen LogP contribution >= 0.6 is 22.9 Å². The van der Waals surface area contributed by atoms with Gasteiger partial charge in [0.15, 0.2) is 0 Å². The first-order valence-corrected chi connectivity index (χ1v) is 5.97. The second-order valence-corrected chi connectivity index (χ2v) is 5.31. The van der Waals surface area contributed by atoms with Gasteiger partial charge in [0.05, 0.1) is 4.34 Å². The Kier molecular flexibility index (Phi) is 5.48. The highest BCUT2D eigenvalue weighted by atomic mass is 35.5. The van der Waals surface area contributed by atoms with E-state index in [4.69, 9.17) is 11.6 Å². The lowest BCUT2D eigenvalue weighted by Gasteiger charge is -2.09. The first-order valence-electron chi connectivity index (χ1n) is 4.78. The third kappa shape index (κ3) is 4.96. The number of nitrogens with one attached hydrogen (secondary N) is 1. The van der Waals surface area contributed by atoms with Gasteiger partial charge < -0.3 is 10.2 Å². The maximum Gasteiger partial charge on any atom is 0.0931 e. The van der Waals surface area contributed by atoms with E-state index in [1.54, 1.807) is 11.3 Å². The lowest BCUT2D eigenvalue weighted by Crippen LogP contribution is -2.27. The topological polar surface area (TPSA) is 15.3 Å². The highest BCUT2D eigenvalue weighted by Gasteiger charge is 1.97. The zero-order chi connectivity index (χ0) is 10.4. The molecule has 0 aliphatic heterocycles. The number of hydrogen-bond donors (Lipinski definition) is 1. The number of halogens is 1. The number of hydrogen-bond acceptors (Lipinski definition) is 3. The molecule has 0 amide bonds. The molecule has 1 aromatic rings. The molecule has 0 aliphatic carbocycles. The van der Waals surface area contributed by atoms with Crippen molar-refractivity contribution in [3.63, 3.8) is 0 Å². The average Bonchev–Trinajstić information content (AvgIpc) is 2.50. The molecule has 0 bridgehead atoms. The second-order valence-electron chi connectivity index (χ2n) is 3.51. The Balaban J connectivity index is 2.04.